The first-order valence-electron chi connectivity index (χ1n) is 8.40. The Hall–Kier alpha value is -2.17. The van der Waals surface area contributed by atoms with Crippen molar-refractivity contribution >= 4 is 33.7 Å². The molecule has 3 aromatic rings. The van der Waals surface area contributed by atoms with Crippen molar-refractivity contribution in [2.24, 2.45) is 0 Å². The quantitative estimate of drug-likeness (QED) is 0.757. The van der Waals surface area contributed by atoms with E-state index in [1.165, 1.54) is 20.7 Å². The molecule has 2 heterocycles. The number of anilines is 1. The lowest BCUT2D eigenvalue weighted by Crippen LogP contribution is -3.14. The third-order valence-corrected chi connectivity index (χ3v) is 5.95. The maximum absolute atomic E-state index is 12.5. The number of thiophene rings is 1. The second kappa shape index (κ2) is 6.38. The van der Waals surface area contributed by atoms with Gasteiger partial charge in [-0.05, 0) is 41.3 Å². The van der Waals surface area contributed by atoms with Gasteiger partial charge in [0.15, 0.2) is 6.54 Å². The number of quaternary nitrogens is 1. The van der Waals surface area contributed by atoms with Gasteiger partial charge in [0.05, 0.1) is 6.54 Å². The number of benzene rings is 2. The van der Waals surface area contributed by atoms with Crippen LogP contribution in [0.1, 0.15) is 23.4 Å². The van der Waals surface area contributed by atoms with E-state index in [0.29, 0.717) is 12.6 Å². The molecule has 0 saturated carbocycles. The fraction of sp³-hybridized carbons (Fsp3) is 0.250. The molecule has 122 valence electrons. The maximum Gasteiger partial charge on any atom is 0.279 e. The van der Waals surface area contributed by atoms with E-state index in [4.69, 9.17) is 0 Å². The molecule has 0 bridgehead atoms. The molecule has 0 aliphatic carbocycles. The van der Waals surface area contributed by atoms with Gasteiger partial charge in [-0.15, -0.1) is 11.3 Å². The van der Waals surface area contributed by atoms with Crippen molar-refractivity contribution in [3.8, 4) is 0 Å². The molecule has 1 amide bonds. The standard InChI is InChI=1S/C20H20N2OS/c1-14-18-9-11-24-19(18)8-10-22(14)13-20(23)21-17-7-6-15-4-2-3-5-16(15)12-17/h2-7,9,11-12,14H,8,10,13H2,1H3,(H,21,23)/p+1/t14-/m1/s1. The first-order chi connectivity index (χ1) is 11.7. The first-order valence-corrected chi connectivity index (χ1v) is 9.28. The van der Waals surface area contributed by atoms with E-state index < -0.39 is 0 Å². The molecule has 3 nitrogen and oxygen atoms in total. The average Bonchev–Trinajstić information content (AvgIpc) is 3.07. The van der Waals surface area contributed by atoms with Gasteiger partial charge in [-0.25, -0.2) is 0 Å². The Morgan fingerprint density at radius 1 is 1.21 bits per heavy atom. The van der Waals surface area contributed by atoms with E-state index in [9.17, 15) is 4.79 Å². The lowest BCUT2D eigenvalue weighted by Gasteiger charge is -2.29. The molecule has 1 unspecified atom stereocenters. The lowest BCUT2D eigenvalue weighted by molar-refractivity contribution is -0.923. The third-order valence-electron chi connectivity index (χ3n) is 4.95. The fourth-order valence-electron chi connectivity index (χ4n) is 3.57. The predicted octanol–water partition coefficient (Wildman–Crippen LogP) is 3.04. The summed E-state index contributed by atoms with van der Waals surface area (Å²) in [5, 5.41) is 7.57. The van der Waals surface area contributed by atoms with E-state index in [-0.39, 0.29) is 5.91 Å². The molecule has 1 aliphatic heterocycles. The topological polar surface area (TPSA) is 33.5 Å². The van der Waals surface area contributed by atoms with Crippen LogP contribution in [-0.2, 0) is 11.2 Å². The molecule has 24 heavy (non-hydrogen) atoms. The van der Waals surface area contributed by atoms with Crippen molar-refractivity contribution in [1.29, 1.82) is 0 Å². The van der Waals surface area contributed by atoms with Gasteiger partial charge in [0.2, 0.25) is 0 Å². The second-order valence-electron chi connectivity index (χ2n) is 6.47. The molecule has 0 saturated heterocycles. The van der Waals surface area contributed by atoms with Crippen molar-refractivity contribution in [1.82, 2.24) is 0 Å². The summed E-state index contributed by atoms with van der Waals surface area (Å²) in [6, 6.07) is 16.9. The van der Waals surface area contributed by atoms with Crippen LogP contribution in [0.2, 0.25) is 0 Å². The molecule has 0 radical (unpaired) electrons. The van der Waals surface area contributed by atoms with Crippen LogP contribution in [0.5, 0.6) is 0 Å². The summed E-state index contributed by atoms with van der Waals surface area (Å²) in [6.07, 6.45) is 1.08. The van der Waals surface area contributed by atoms with Crippen molar-refractivity contribution < 1.29 is 9.69 Å². The van der Waals surface area contributed by atoms with Gasteiger partial charge in [-0.2, -0.15) is 0 Å². The first kappa shape index (κ1) is 15.4. The minimum atomic E-state index is 0.0887. The minimum absolute atomic E-state index is 0.0887. The molecule has 1 aliphatic rings. The third kappa shape index (κ3) is 2.95. The molecule has 1 aromatic heterocycles. The van der Waals surface area contributed by atoms with Gasteiger partial charge in [0, 0.05) is 22.5 Å². The Kier molecular flexibility index (Phi) is 4.08. The zero-order valence-electron chi connectivity index (χ0n) is 13.7. The Morgan fingerprint density at radius 2 is 2.04 bits per heavy atom. The maximum atomic E-state index is 12.5. The van der Waals surface area contributed by atoms with E-state index in [2.05, 4.69) is 41.9 Å². The number of hydrogen-bond donors (Lipinski definition) is 2. The van der Waals surface area contributed by atoms with Gasteiger partial charge in [0.25, 0.3) is 5.91 Å². The summed E-state index contributed by atoms with van der Waals surface area (Å²) in [5.41, 5.74) is 2.29. The number of fused-ring (bicyclic) bond motifs is 2. The molecular weight excluding hydrogens is 316 g/mol. The van der Waals surface area contributed by atoms with Crippen LogP contribution in [0.4, 0.5) is 5.69 Å². The number of nitrogens with one attached hydrogen (secondary N) is 2. The number of amides is 1. The van der Waals surface area contributed by atoms with Crippen LogP contribution in [0.15, 0.2) is 53.9 Å². The Bertz CT molecular complexity index is 886. The van der Waals surface area contributed by atoms with E-state index in [1.807, 2.05) is 35.6 Å². The van der Waals surface area contributed by atoms with Crippen LogP contribution in [0, 0.1) is 0 Å². The molecule has 0 spiro atoms. The summed E-state index contributed by atoms with van der Waals surface area (Å²) in [4.78, 5) is 15.3. The highest BCUT2D eigenvalue weighted by Gasteiger charge is 2.29. The fourth-order valence-corrected chi connectivity index (χ4v) is 4.55. The monoisotopic (exact) mass is 337 g/mol. The summed E-state index contributed by atoms with van der Waals surface area (Å²) in [5.74, 6) is 0.0887. The van der Waals surface area contributed by atoms with Gasteiger partial charge >= 0.3 is 0 Å². The molecular formula is C20H21N2OS+. The van der Waals surface area contributed by atoms with E-state index in [1.54, 1.807) is 0 Å². The van der Waals surface area contributed by atoms with Gasteiger partial charge in [0.1, 0.15) is 6.04 Å². The summed E-state index contributed by atoms with van der Waals surface area (Å²) >= 11 is 1.84. The predicted molar refractivity (Wildman–Crippen MR) is 99.7 cm³/mol. The Morgan fingerprint density at radius 3 is 2.92 bits per heavy atom. The molecule has 2 N–H and O–H groups in total. The van der Waals surface area contributed by atoms with Crippen LogP contribution in [-0.4, -0.2) is 19.0 Å². The zero-order valence-corrected chi connectivity index (χ0v) is 14.5. The molecule has 4 rings (SSSR count). The highest BCUT2D eigenvalue weighted by atomic mass is 32.1. The van der Waals surface area contributed by atoms with Gasteiger partial charge in [-0.3, -0.25) is 4.79 Å². The number of carbonyl (C=O) groups is 1. The summed E-state index contributed by atoms with van der Waals surface area (Å²) in [6.45, 7) is 3.77. The van der Waals surface area contributed by atoms with Gasteiger partial charge in [-0.1, -0.05) is 30.3 Å². The van der Waals surface area contributed by atoms with E-state index >= 15 is 0 Å². The van der Waals surface area contributed by atoms with E-state index in [0.717, 1.165) is 24.0 Å². The summed E-state index contributed by atoms with van der Waals surface area (Å²) < 4.78 is 0. The van der Waals surface area contributed by atoms with Crippen molar-refractivity contribution in [2.45, 2.75) is 19.4 Å². The minimum Gasteiger partial charge on any atom is -0.321 e. The highest BCUT2D eigenvalue weighted by Crippen LogP contribution is 2.24. The Labute approximate surface area is 145 Å². The van der Waals surface area contributed by atoms with Crippen LogP contribution in [0.25, 0.3) is 10.8 Å². The molecule has 0 fully saturated rings. The van der Waals surface area contributed by atoms with Crippen LogP contribution < -0.4 is 10.2 Å². The zero-order chi connectivity index (χ0) is 16.5. The Balaban J connectivity index is 1.44. The molecule has 4 heteroatoms. The van der Waals surface area contributed by atoms with Crippen molar-refractivity contribution in [3.05, 3.63) is 64.4 Å². The number of hydrogen-bond acceptors (Lipinski definition) is 2. The van der Waals surface area contributed by atoms with Crippen LogP contribution >= 0.6 is 11.3 Å². The second-order valence-corrected chi connectivity index (χ2v) is 7.47. The van der Waals surface area contributed by atoms with Crippen LogP contribution in [0.3, 0.4) is 0 Å². The average molecular weight is 337 g/mol. The molecule has 2 atom stereocenters. The van der Waals surface area contributed by atoms with Crippen molar-refractivity contribution in [2.75, 3.05) is 18.4 Å². The molecule has 2 aromatic carbocycles. The number of rotatable bonds is 3. The smallest absolute Gasteiger partial charge is 0.279 e. The number of carbonyl (C=O) groups excluding carboxylic acids is 1. The normalized spacial score (nSPS) is 19.9. The van der Waals surface area contributed by atoms with Gasteiger partial charge < -0.3 is 10.2 Å². The lowest BCUT2D eigenvalue weighted by atomic mass is 10.0. The highest BCUT2D eigenvalue weighted by molar-refractivity contribution is 7.10. The largest absolute Gasteiger partial charge is 0.321 e. The SMILES string of the molecule is C[C@@H]1c2ccsc2CC[NH+]1CC(=O)Nc1ccc2ccccc2c1. The van der Waals surface area contributed by atoms with Crippen molar-refractivity contribution in [3.63, 3.8) is 0 Å². The summed E-state index contributed by atoms with van der Waals surface area (Å²) in [7, 11) is 0.